The fourth-order valence-corrected chi connectivity index (χ4v) is 2.65. The van der Waals surface area contributed by atoms with Gasteiger partial charge in [0.15, 0.2) is 0 Å². The standard InChI is InChI=1S/C12H13BrN2OS/c13-10-3-1-2-9(6-10)12-15-11(8-17-12)7-14-4-5-16/h1-3,6,8,14,16H,4-5,7H2. The molecule has 1 heterocycles. The molecule has 0 unspecified atom stereocenters. The third-order valence-electron chi connectivity index (χ3n) is 2.22. The van der Waals surface area contributed by atoms with Gasteiger partial charge >= 0.3 is 0 Å². The van der Waals surface area contributed by atoms with E-state index in [1.807, 2.05) is 17.5 Å². The second kappa shape index (κ2) is 6.26. The van der Waals surface area contributed by atoms with Gasteiger partial charge in [-0.15, -0.1) is 11.3 Å². The van der Waals surface area contributed by atoms with Gasteiger partial charge in [0.05, 0.1) is 12.3 Å². The van der Waals surface area contributed by atoms with E-state index >= 15 is 0 Å². The van der Waals surface area contributed by atoms with Crippen molar-refractivity contribution in [3.05, 3.63) is 39.8 Å². The number of aliphatic hydroxyl groups excluding tert-OH is 1. The number of halogens is 1. The number of nitrogens with zero attached hydrogens (tertiary/aromatic N) is 1. The van der Waals surface area contributed by atoms with Crippen molar-refractivity contribution < 1.29 is 5.11 Å². The number of benzene rings is 1. The number of thiazole rings is 1. The van der Waals surface area contributed by atoms with Crippen LogP contribution >= 0.6 is 27.3 Å². The van der Waals surface area contributed by atoms with Crippen LogP contribution in [0.15, 0.2) is 34.1 Å². The summed E-state index contributed by atoms with van der Waals surface area (Å²) in [6, 6.07) is 8.11. The molecule has 0 atom stereocenters. The molecule has 90 valence electrons. The summed E-state index contributed by atoms with van der Waals surface area (Å²) in [4.78, 5) is 4.55. The predicted octanol–water partition coefficient (Wildman–Crippen LogP) is 2.65. The van der Waals surface area contributed by atoms with E-state index in [1.54, 1.807) is 11.3 Å². The first-order valence-electron chi connectivity index (χ1n) is 5.31. The van der Waals surface area contributed by atoms with Crippen LogP contribution in [0, 0.1) is 0 Å². The monoisotopic (exact) mass is 312 g/mol. The molecule has 1 aromatic carbocycles. The van der Waals surface area contributed by atoms with Gasteiger partial charge in [0.2, 0.25) is 0 Å². The Morgan fingerprint density at radius 2 is 2.29 bits per heavy atom. The van der Waals surface area contributed by atoms with Crippen molar-refractivity contribution in [2.75, 3.05) is 13.2 Å². The van der Waals surface area contributed by atoms with Crippen molar-refractivity contribution in [2.45, 2.75) is 6.54 Å². The van der Waals surface area contributed by atoms with E-state index in [1.165, 1.54) is 0 Å². The summed E-state index contributed by atoms with van der Waals surface area (Å²) < 4.78 is 1.06. The summed E-state index contributed by atoms with van der Waals surface area (Å²) in [6.07, 6.45) is 0. The lowest BCUT2D eigenvalue weighted by molar-refractivity contribution is 0.292. The van der Waals surface area contributed by atoms with Crippen LogP contribution in [0.25, 0.3) is 10.6 Å². The van der Waals surface area contributed by atoms with Crippen LogP contribution in [0.5, 0.6) is 0 Å². The summed E-state index contributed by atoms with van der Waals surface area (Å²) in [5.41, 5.74) is 2.14. The highest BCUT2D eigenvalue weighted by molar-refractivity contribution is 9.10. The van der Waals surface area contributed by atoms with Crippen molar-refractivity contribution in [3.8, 4) is 10.6 Å². The number of hydrogen-bond donors (Lipinski definition) is 2. The molecule has 2 rings (SSSR count). The quantitative estimate of drug-likeness (QED) is 0.834. The summed E-state index contributed by atoms with van der Waals surface area (Å²) in [5, 5.41) is 14.8. The molecule has 3 nitrogen and oxygen atoms in total. The molecule has 2 N–H and O–H groups in total. The van der Waals surface area contributed by atoms with Crippen LogP contribution in [0.3, 0.4) is 0 Å². The zero-order valence-electron chi connectivity index (χ0n) is 9.19. The van der Waals surface area contributed by atoms with Crippen molar-refractivity contribution in [2.24, 2.45) is 0 Å². The highest BCUT2D eigenvalue weighted by Crippen LogP contribution is 2.26. The second-order valence-electron chi connectivity index (χ2n) is 3.55. The average Bonchev–Trinajstić information content (AvgIpc) is 2.78. The molecular formula is C12H13BrN2OS. The number of hydrogen-bond acceptors (Lipinski definition) is 4. The van der Waals surface area contributed by atoms with Gasteiger partial charge in [-0.25, -0.2) is 4.98 Å². The van der Waals surface area contributed by atoms with Gasteiger partial charge in [-0.3, -0.25) is 0 Å². The Morgan fingerprint density at radius 3 is 3.06 bits per heavy atom. The Hall–Kier alpha value is -0.750. The maximum Gasteiger partial charge on any atom is 0.123 e. The molecule has 2 aromatic rings. The largest absolute Gasteiger partial charge is 0.395 e. The smallest absolute Gasteiger partial charge is 0.123 e. The molecule has 5 heteroatoms. The van der Waals surface area contributed by atoms with E-state index in [0.29, 0.717) is 13.1 Å². The Morgan fingerprint density at radius 1 is 1.41 bits per heavy atom. The molecule has 0 saturated carbocycles. The molecule has 0 bridgehead atoms. The normalized spacial score (nSPS) is 10.7. The van der Waals surface area contributed by atoms with Crippen molar-refractivity contribution >= 4 is 27.3 Å². The van der Waals surface area contributed by atoms with Gasteiger partial charge in [0, 0.05) is 28.5 Å². The van der Waals surface area contributed by atoms with Crippen LogP contribution < -0.4 is 5.32 Å². The van der Waals surface area contributed by atoms with Crippen LogP contribution in [0.4, 0.5) is 0 Å². The van der Waals surface area contributed by atoms with E-state index in [2.05, 4.69) is 38.4 Å². The predicted molar refractivity (Wildman–Crippen MR) is 74.0 cm³/mol. The maximum absolute atomic E-state index is 8.67. The molecule has 0 aliphatic rings. The first kappa shape index (κ1) is 12.7. The number of rotatable bonds is 5. The van der Waals surface area contributed by atoms with E-state index < -0.39 is 0 Å². The van der Waals surface area contributed by atoms with Gasteiger partial charge < -0.3 is 10.4 Å². The third kappa shape index (κ3) is 3.61. The van der Waals surface area contributed by atoms with Crippen LogP contribution in [0.2, 0.25) is 0 Å². The lowest BCUT2D eigenvalue weighted by atomic mass is 10.2. The summed E-state index contributed by atoms with van der Waals surface area (Å²) in [6.45, 7) is 1.46. The van der Waals surface area contributed by atoms with Crippen molar-refractivity contribution in [1.29, 1.82) is 0 Å². The number of nitrogens with one attached hydrogen (secondary N) is 1. The zero-order valence-corrected chi connectivity index (χ0v) is 11.6. The van der Waals surface area contributed by atoms with Gasteiger partial charge in [-0.05, 0) is 12.1 Å². The molecule has 0 aliphatic carbocycles. The first-order valence-corrected chi connectivity index (χ1v) is 6.99. The van der Waals surface area contributed by atoms with Crippen molar-refractivity contribution in [3.63, 3.8) is 0 Å². The Bertz CT molecular complexity index is 487. The SMILES string of the molecule is OCCNCc1csc(-c2cccc(Br)c2)n1. The second-order valence-corrected chi connectivity index (χ2v) is 5.33. The first-order chi connectivity index (χ1) is 8.29. The minimum Gasteiger partial charge on any atom is -0.395 e. The molecule has 1 aromatic heterocycles. The van der Waals surface area contributed by atoms with Crippen LogP contribution in [0.1, 0.15) is 5.69 Å². The topological polar surface area (TPSA) is 45.1 Å². The van der Waals surface area contributed by atoms with E-state index in [9.17, 15) is 0 Å². The number of aliphatic hydroxyl groups is 1. The van der Waals surface area contributed by atoms with E-state index in [4.69, 9.17) is 5.11 Å². The highest BCUT2D eigenvalue weighted by Gasteiger charge is 2.04. The third-order valence-corrected chi connectivity index (χ3v) is 3.65. The lowest BCUT2D eigenvalue weighted by Gasteiger charge is -1.99. The zero-order chi connectivity index (χ0) is 12.1. The maximum atomic E-state index is 8.67. The molecule has 17 heavy (non-hydrogen) atoms. The van der Waals surface area contributed by atoms with Gasteiger partial charge in [0.25, 0.3) is 0 Å². The molecule has 0 saturated heterocycles. The highest BCUT2D eigenvalue weighted by atomic mass is 79.9. The summed E-state index contributed by atoms with van der Waals surface area (Å²) in [5.74, 6) is 0. The molecule has 0 fully saturated rings. The summed E-state index contributed by atoms with van der Waals surface area (Å²) >= 11 is 5.09. The average molecular weight is 313 g/mol. The molecular weight excluding hydrogens is 300 g/mol. The van der Waals surface area contributed by atoms with E-state index in [-0.39, 0.29) is 6.61 Å². The fraction of sp³-hybridized carbons (Fsp3) is 0.250. The minimum absolute atomic E-state index is 0.155. The molecule has 0 spiro atoms. The van der Waals surface area contributed by atoms with Gasteiger partial charge in [0.1, 0.15) is 5.01 Å². The summed E-state index contributed by atoms with van der Waals surface area (Å²) in [7, 11) is 0. The molecule has 0 aliphatic heterocycles. The number of aromatic nitrogens is 1. The Balaban J connectivity index is 2.07. The molecule has 0 amide bonds. The van der Waals surface area contributed by atoms with Crippen molar-refractivity contribution in [1.82, 2.24) is 10.3 Å². The lowest BCUT2D eigenvalue weighted by Crippen LogP contribution is -2.17. The Kier molecular flexibility index (Phi) is 4.67. The minimum atomic E-state index is 0.155. The van der Waals surface area contributed by atoms with Crippen LogP contribution in [-0.2, 0) is 6.54 Å². The molecule has 0 radical (unpaired) electrons. The van der Waals surface area contributed by atoms with Crippen LogP contribution in [-0.4, -0.2) is 23.2 Å². The fourth-order valence-electron chi connectivity index (χ4n) is 1.44. The van der Waals surface area contributed by atoms with Gasteiger partial charge in [-0.1, -0.05) is 28.1 Å². The van der Waals surface area contributed by atoms with Gasteiger partial charge in [-0.2, -0.15) is 0 Å². The Labute approximate surface area is 113 Å². The van der Waals surface area contributed by atoms with E-state index in [0.717, 1.165) is 20.7 Å².